The minimum Gasteiger partial charge on any atom is -0.361 e. The molecule has 1 N–H and O–H groups in total. The first kappa shape index (κ1) is 18.5. The van der Waals surface area contributed by atoms with Crippen LogP contribution in [0.5, 0.6) is 0 Å². The Balaban J connectivity index is 1.45. The second-order valence-corrected chi connectivity index (χ2v) is 7.08. The minimum atomic E-state index is -4.42. The minimum absolute atomic E-state index is 0.201. The summed E-state index contributed by atoms with van der Waals surface area (Å²) in [6, 6.07) is 8.94. The van der Waals surface area contributed by atoms with Gasteiger partial charge >= 0.3 is 6.18 Å². The number of piperidine rings is 1. The molecule has 1 amide bonds. The van der Waals surface area contributed by atoms with Crippen LogP contribution in [-0.2, 0) is 6.18 Å². The van der Waals surface area contributed by atoms with Gasteiger partial charge < -0.3 is 9.88 Å². The van der Waals surface area contributed by atoms with E-state index in [0.29, 0.717) is 13.1 Å². The fraction of sp³-hybridized carbons (Fsp3) is 0.286. The van der Waals surface area contributed by atoms with Gasteiger partial charge in [-0.3, -0.25) is 4.79 Å². The second kappa shape index (κ2) is 6.96. The van der Waals surface area contributed by atoms with Crippen molar-refractivity contribution in [2.45, 2.75) is 24.9 Å². The van der Waals surface area contributed by atoms with E-state index in [1.54, 1.807) is 11.0 Å². The highest BCUT2D eigenvalue weighted by Gasteiger charge is 2.31. The maximum atomic E-state index is 13.6. The smallest absolute Gasteiger partial charge is 0.361 e. The molecule has 0 aliphatic carbocycles. The number of nitrogens with one attached hydrogen (secondary N) is 1. The summed E-state index contributed by atoms with van der Waals surface area (Å²) in [5.74, 6) is -0.354. The Morgan fingerprint density at radius 2 is 1.71 bits per heavy atom. The van der Waals surface area contributed by atoms with Crippen LogP contribution in [0.2, 0.25) is 0 Å². The summed E-state index contributed by atoms with van der Waals surface area (Å²) in [6.45, 7) is 1.01. The first-order chi connectivity index (χ1) is 13.3. The summed E-state index contributed by atoms with van der Waals surface area (Å²) in [7, 11) is 0. The van der Waals surface area contributed by atoms with Crippen LogP contribution < -0.4 is 0 Å². The first-order valence-corrected chi connectivity index (χ1v) is 9.06. The number of fused-ring (bicyclic) bond motifs is 1. The number of aromatic nitrogens is 1. The zero-order valence-electron chi connectivity index (χ0n) is 14.9. The molecule has 1 saturated heterocycles. The quantitative estimate of drug-likeness (QED) is 0.589. The van der Waals surface area contributed by atoms with Gasteiger partial charge in [0.05, 0.1) is 5.56 Å². The number of likely N-dealkylation sites (tertiary alicyclic amines) is 1. The van der Waals surface area contributed by atoms with Gasteiger partial charge in [0.1, 0.15) is 5.82 Å². The molecular weight excluding hydrogens is 372 g/mol. The number of benzene rings is 2. The Morgan fingerprint density at radius 1 is 1.04 bits per heavy atom. The van der Waals surface area contributed by atoms with Crippen LogP contribution in [0.15, 0.2) is 48.7 Å². The van der Waals surface area contributed by atoms with Crippen molar-refractivity contribution in [2.75, 3.05) is 13.1 Å². The number of hydrogen-bond donors (Lipinski definition) is 1. The van der Waals surface area contributed by atoms with Crippen LogP contribution >= 0.6 is 0 Å². The van der Waals surface area contributed by atoms with Gasteiger partial charge in [0.2, 0.25) is 0 Å². The summed E-state index contributed by atoms with van der Waals surface area (Å²) in [6.07, 6.45) is -1.09. The first-order valence-electron chi connectivity index (χ1n) is 9.06. The Morgan fingerprint density at radius 3 is 2.36 bits per heavy atom. The molecule has 0 saturated carbocycles. The number of amides is 1. The molecule has 1 fully saturated rings. The average molecular weight is 390 g/mol. The molecule has 3 aromatic rings. The van der Waals surface area contributed by atoms with E-state index in [4.69, 9.17) is 0 Å². The lowest BCUT2D eigenvalue weighted by Crippen LogP contribution is -2.37. The SMILES string of the molecule is O=C(c1ccc(C(F)(F)F)cc1)N1CCC(c2c[nH]c3ccc(F)cc23)CC1. The fourth-order valence-corrected chi connectivity index (χ4v) is 3.83. The molecule has 0 bridgehead atoms. The normalized spacial score (nSPS) is 15.9. The molecule has 1 aliphatic heterocycles. The molecule has 0 radical (unpaired) electrons. The van der Waals surface area contributed by atoms with E-state index in [9.17, 15) is 22.4 Å². The van der Waals surface area contributed by atoms with Gasteiger partial charge in [0, 0.05) is 35.8 Å². The average Bonchev–Trinajstić information content (AvgIpc) is 3.10. The lowest BCUT2D eigenvalue weighted by Gasteiger charge is -2.32. The summed E-state index contributed by atoms with van der Waals surface area (Å²) in [4.78, 5) is 17.4. The number of nitrogens with zero attached hydrogens (tertiary/aromatic N) is 1. The molecule has 3 nitrogen and oxygen atoms in total. The summed E-state index contributed by atoms with van der Waals surface area (Å²) in [5.41, 5.74) is 1.39. The van der Waals surface area contributed by atoms with Gasteiger partial charge in [-0.05, 0) is 66.8 Å². The highest BCUT2D eigenvalue weighted by atomic mass is 19.4. The summed E-state index contributed by atoms with van der Waals surface area (Å²) in [5, 5.41) is 0.854. The zero-order chi connectivity index (χ0) is 19.9. The molecule has 2 heterocycles. The lowest BCUT2D eigenvalue weighted by molar-refractivity contribution is -0.137. The number of halogens is 4. The number of H-pyrrole nitrogens is 1. The number of carbonyl (C=O) groups is 1. The van der Waals surface area contributed by atoms with E-state index in [0.717, 1.165) is 41.4 Å². The molecule has 1 aliphatic rings. The highest BCUT2D eigenvalue weighted by molar-refractivity contribution is 5.94. The monoisotopic (exact) mass is 390 g/mol. The van der Waals surface area contributed by atoms with Gasteiger partial charge in [0.15, 0.2) is 0 Å². The number of hydrogen-bond acceptors (Lipinski definition) is 1. The summed E-state index contributed by atoms with van der Waals surface area (Å²) < 4.78 is 51.6. The van der Waals surface area contributed by atoms with E-state index < -0.39 is 11.7 Å². The Labute approximate surface area is 159 Å². The number of alkyl halides is 3. The third kappa shape index (κ3) is 3.48. The molecular formula is C21H18F4N2O. The van der Waals surface area contributed by atoms with E-state index in [-0.39, 0.29) is 23.2 Å². The predicted octanol–water partition coefficient (Wildman–Crippen LogP) is 5.35. The standard InChI is InChI=1S/C21H18F4N2O/c22-16-5-6-19-17(11-16)18(12-26-19)13-7-9-27(10-8-13)20(28)14-1-3-15(4-2-14)21(23,24)25/h1-6,11-13,26H,7-10H2. The Hall–Kier alpha value is -2.83. The van der Waals surface area contributed by atoms with Crippen LogP contribution in [-0.4, -0.2) is 28.9 Å². The van der Waals surface area contributed by atoms with Crippen LogP contribution in [0.4, 0.5) is 17.6 Å². The van der Waals surface area contributed by atoms with Crippen LogP contribution in [0.25, 0.3) is 10.9 Å². The van der Waals surface area contributed by atoms with Crippen LogP contribution in [0, 0.1) is 5.82 Å². The molecule has 1 aromatic heterocycles. The molecule has 28 heavy (non-hydrogen) atoms. The highest BCUT2D eigenvalue weighted by Crippen LogP contribution is 2.34. The number of aromatic amines is 1. The van der Waals surface area contributed by atoms with Crippen molar-refractivity contribution in [1.29, 1.82) is 0 Å². The molecule has 146 valence electrons. The van der Waals surface area contributed by atoms with Gasteiger partial charge in [-0.1, -0.05) is 0 Å². The molecule has 7 heteroatoms. The largest absolute Gasteiger partial charge is 0.416 e. The number of carbonyl (C=O) groups excluding carboxylic acids is 1. The van der Waals surface area contributed by atoms with Crippen molar-refractivity contribution in [2.24, 2.45) is 0 Å². The van der Waals surface area contributed by atoms with Gasteiger partial charge in [0.25, 0.3) is 5.91 Å². The topological polar surface area (TPSA) is 36.1 Å². The maximum absolute atomic E-state index is 13.6. The third-order valence-corrected chi connectivity index (χ3v) is 5.36. The number of rotatable bonds is 2. The van der Waals surface area contributed by atoms with Gasteiger partial charge in [-0.2, -0.15) is 13.2 Å². The fourth-order valence-electron chi connectivity index (χ4n) is 3.83. The van der Waals surface area contributed by atoms with Crippen molar-refractivity contribution >= 4 is 16.8 Å². The molecule has 0 spiro atoms. The lowest BCUT2D eigenvalue weighted by atomic mass is 9.89. The van der Waals surface area contributed by atoms with Gasteiger partial charge in [-0.15, -0.1) is 0 Å². The molecule has 0 atom stereocenters. The molecule has 2 aromatic carbocycles. The predicted molar refractivity (Wildman–Crippen MR) is 97.6 cm³/mol. The van der Waals surface area contributed by atoms with Crippen molar-refractivity contribution in [3.63, 3.8) is 0 Å². The van der Waals surface area contributed by atoms with Crippen LogP contribution in [0.3, 0.4) is 0 Å². The maximum Gasteiger partial charge on any atom is 0.416 e. The van der Waals surface area contributed by atoms with E-state index in [1.165, 1.54) is 24.3 Å². The third-order valence-electron chi connectivity index (χ3n) is 5.36. The zero-order valence-corrected chi connectivity index (χ0v) is 14.9. The Kier molecular flexibility index (Phi) is 4.61. The molecule has 4 rings (SSSR count). The van der Waals surface area contributed by atoms with Gasteiger partial charge in [-0.25, -0.2) is 4.39 Å². The molecule has 0 unspecified atom stereocenters. The second-order valence-electron chi connectivity index (χ2n) is 7.08. The van der Waals surface area contributed by atoms with E-state index in [1.807, 2.05) is 6.20 Å². The summed E-state index contributed by atoms with van der Waals surface area (Å²) >= 11 is 0. The van der Waals surface area contributed by atoms with E-state index in [2.05, 4.69) is 4.98 Å². The Bertz CT molecular complexity index is 999. The van der Waals surface area contributed by atoms with Crippen molar-refractivity contribution in [3.8, 4) is 0 Å². The van der Waals surface area contributed by atoms with Crippen molar-refractivity contribution in [3.05, 3.63) is 71.2 Å². The van der Waals surface area contributed by atoms with Crippen molar-refractivity contribution < 1.29 is 22.4 Å². The van der Waals surface area contributed by atoms with E-state index >= 15 is 0 Å². The van der Waals surface area contributed by atoms with Crippen LogP contribution in [0.1, 0.15) is 40.2 Å². The van der Waals surface area contributed by atoms with Crippen molar-refractivity contribution in [1.82, 2.24) is 9.88 Å².